The van der Waals surface area contributed by atoms with Crippen LogP contribution in [0.15, 0.2) is 48.5 Å². The number of likely N-dealkylation sites (tertiary alicyclic amines) is 1. The molecule has 2 aromatic rings. The molecule has 6 nitrogen and oxygen atoms in total. The molecule has 1 spiro atoms. The monoisotopic (exact) mass is 394 g/mol. The topological polar surface area (TPSA) is 70.1 Å². The number of hydrogen-bond acceptors (Lipinski definition) is 4. The van der Waals surface area contributed by atoms with E-state index in [1.54, 1.807) is 31.2 Å². The largest absolute Gasteiger partial charge is 0.508 e. The van der Waals surface area contributed by atoms with Crippen LogP contribution in [0.2, 0.25) is 0 Å². The standard InChI is InChI=1S/C23H26N2O4/c1-17(26)25-15-19-4-2-3-5-21(19)29-23(16-25)10-12-24(13-11-23)22(28)14-18-6-8-20(27)9-7-18/h2-9,27H,10-16H2,1H3. The van der Waals surface area contributed by atoms with Crippen molar-refractivity contribution in [3.8, 4) is 11.5 Å². The van der Waals surface area contributed by atoms with Gasteiger partial charge in [0.25, 0.3) is 0 Å². The van der Waals surface area contributed by atoms with Gasteiger partial charge in [0, 0.05) is 45.0 Å². The highest BCUT2D eigenvalue weighted by atomic mass is 16.5. The van der Waals surface area contributed by atoms with Gasteiger partial charge in [0.05, 0.1) is 13.0 Å². The van der Waals surface area contributed by atoms with E-state index < -0.39 is 5.60 Å². The van der Waals surface area contributed by atoms with E-state index in [1.165, 1.54) is 0 Å². The maximum absolute atomic E-state index is 12.7. The molecule has 29 heavy (non-hydrogen) atoms. The van der Waals surface area contributed by atoms with Crippen molar-refractivity contribution in [1.82, 2.24) is 9.80 Å². The van der Waals surface area contributed by atoms with E-state index in [0.717, 1.165) is 16.9 Å². The van der Waals surface area contributed by atoms with Gasteiger partial charge < -0.3 is 19.6 Å². The normalized spacial score (nSPS) is 18.0. The minimum Gasteiger partial charge on any atom is -0.508 e. The van der Waals surface area contributed by atoms with Crippen LogP contribution in [0.25, 0.3) is 0 Å². The Bertz CT molecular complexity index is 901. The number of amides is 2. The second-order valence-corrected chi connectivity index (χ2v) is 7.99. The van der Waals surface area contributed by atoms with Gasteiger partial charge in [-0.1, -0.05) is 30.3 Å². The third-order valence-corrected chi connectivity index (χ3v) is 5.90. The molecule has 2 amide bonds. The van der Waals surface area contributed by atoms with Gasteiger partial charge in [0.15, 0.2) is 0 Å². The zero-order valence-corrected chi connectivity index (χ0v) is 16.6. The average Bonchev–Trinajstić information content (AvgIpc) is 2.87. The van der Waals surface area contributed by atoms with Crippen molar-refractivity contribution in [2.45, 2.75) is 38.3 Å². The van der Waals surface area contributed by atoms with Gasteiger partial charge in [0.1, 0.15) is 17.1 Å². The van der Waals surface area contributed by atoms with Crippen LogP contribution in [0.3, 0.4) is 0 Å². The highest BCUT2D eigenvalue weighted by molar-refractivity contribution is 5.79. The molecule has 6 heteroatoms. The van der Waals surface area contributed by atoms with Gasteiger partial charge in [-0.15, -0.1) is 0 Å². The van der Waals surface area contributed by atoms with Gasteiger partial charge in [-0.05, 0) is 23.8 Å². The predicted octanol–water partition coefficient (Wildman–Crippen LogP) is 2.74. The van der Waals surface area contributed by atoms with Crippen LogP contribution in [-0.2, 0) is 22.6 Å². The summed E-state index contributed by atoms with van der Waals surface area (Å²) < 4.78 is 6.47. The lowest BCUT2D eigenvalue weighted by molar-refractivity contribution is -0.138. The Balaban J connectivity index is 1.46. The number of phenolic OH excluding ortho intramolecular Hbond substituents is 1. The zero-order chi connectivity index (χ0) is 20.4. The maximum Gasteiger partial charge on any atom is 0.226 e. The van der Waals surface area contributed by atoms with Crippen molar-refractivity contribution in [2.75, 3.05) is 19.6 Å². The van der Waals surface area contributed by atoms with Gasteiger partial charge in [0.2, 0.25) is 11.8 Å². The van der Waals surface area contributed by atoms with Crippen molar-refractivity contribution < 1.29 is 19.4 Å². The molecule has 0 atom stereocenters. The summed E-state index contributed by atoms with van der Waals surface area (Å²) in [4.78, 5) is 28.6. The fraction of sp³-hybridized carbons (Fsp3) is 0.391. The van der Waals surface area contributed by atoms with Crippen LogP contribution in [0.1, 0.15) is 30.9 Å². The van der Waals surface area contributed by atoms with E-state index in [0.29, 0.717) is 45.4 Å². The summed E-state index contributed by atoms with van der Waals surface area (Å²) in [6.45, 7) is 3.89. The fourth-order valence-corrected chi connectivity index (χ4v) is 4.16. The van der Waals surface area contributed by atoms with Gasteiger partial charge >= 0.3 is 0 Å². The summed E-state index contributed by atoms with van der Waals surface area (Å²) in [5.41, 5.74) is 1.44. The minimum absolute atomic E-state index is 0.0375. The first kappa shape index (κ1) is 19.3. The van der Waals surface area contributed by atoms with Crippen LogP contribution in [-0.4, -0.2) is 52.0 Å². The fourth-order valence-electron chi connectivity index (χ4n) is 4.16. The number of fused-ring (bicyclic) bond motifs is 1. The van der Waals surface area contributed by atoms with E-state index >= 15 is 0 Å². The smallest absolute Gasteiger partial charge is 0.226 e. The molecule has 2 aliphatic rings. The highest BCUT2D eigenvalue weighted by Crippen LogP contribution is 2.35. The van der Waals surface area contributed by atoms with Gasteiger partial charge in [-0.3, -0.25) is 9.59 Å². The molecule has 152 valence electrons. The second kappa shape index (κ2) is 7.78. The van der Waals surface area contributed by atoms with Crippen LogP contribution in [0.4, 0.5) is 0 Å². The molecule has 0 aromatic heterocycles. The molecule has 1 fully saturated rings. The number of benzene rings is 2. The molecule has 2 heterocycles. The van der Waals surface area contributed by atoms with E-state index in [9.17, 15) is 14.7 Å². The number of para-hydroxylation sites is 1. The predicted molar refractivity (Wildman–Crippen MR) is 109 cm³/mol. The summed E-state index contributed by atoms with van der Waals surface area (Å²) in [6, 6.07) is 14.6. The van der Waals surface area contributed by atoms with Gasteiger partial charge in [-0.25, -0.2) is 0 Å². The summed E-state index contributed by atoms with van der Waals surface area (Å²) in [5, 5.41) is 9.40. The first-order valence-electron chi connectivity index (χ1n) is 10.0. The Kier molecular flexibility index (Phi) is 5.18. The Morgan fingerprint density at radius 2 is 1.72 bits per heavy atom. The number of carbonyl (C=O) groups excluding carboxylic acids is 2. The van der Waals surface area contributed by atoms with Crippen LogP contribution in [0, 0.1) is 0 Å². The third kappa shape index (κ3) is 4.21. The molecule has 2 aromatic carbocycles. The molecule has 0 radical (unpaired) electrons. The average molecular weight is 394 g/mol. The number of nitrogens with zero attached hydrogens (tertiary/aromatic N) is 2. The van der Waals surface area contributed by atoms with Crippen molar-refractivity contribution >= 4 is 11.8 Å². The Labute approximate surface area is 170 Å². The summed E-state index contributed by atoms with van der Waals surface area (Å²) in [7, 11) is 0. The molecular formula is C23H26N2O4. The molecule has 0 bridgehead atoms. The number of aromatic hydroxyl groups is 1. The lowest BCUT2D eigenvalue weighted by Gasteiger charge is -2.42. The molecule has 0 saturated carbocycles. The lowest BCUT2D eigenvalue weighted by Crippen LogP contribution is -2.55. The first-order valence-corrected chi connectivity index (χ1v) is 10.0. The van der Waals surface area contributed by atoms with E-state index in [2.05, 4.69) is 0 Å². The Morgan fingerprint density at radius 1 is 1.03 bits per heavy atom. The van der Waals surface area contributed by atoms with E-state index in [1.807, 2.05) is 34.1 Å². The lowest BCUT2D eigenvalue weighted by atomic mass is 9.90. The molecule has 0 unspecified atom stereocenters. The SMILES string of the molecule is CC(=O)N1Cc2ccccc2OC2(CCN(C(=O)Cc3ccc(O)cc3)CC2)C1. The van der Waals surface area contributed by atoms with Gasteiger partial charge in [-0.2, -0.15) is 0 Å². The van der Waals surface area contributed by atoms with Crippen molar-refractivity contribution in [2.24, 2.45) is 0 Å². The van der Waals surface area contributed by atoms with Crippen LogP contribution in [0.5, 0.6) is 11.5 Å². The first-order chi connectivity index (χ1) is 13.9. The van der Waals surface area contributed by atoms with Crippen molar-refractivity contribution in [1.29, 1.82) is 0 Å². The van der Waals surface area contributed by atoms with Crippen LogP contribution >= 0.6 is 0 Å². The summed E-state index contributed by atoms with van der Waals surface area (Å²) in [5.74, 6) is 1.14. The molecule has 1 saturated heterocycles. The number of piperidine rings is 1. The second-order valence-electron chi connectivity index (χ2n) is 7.99. The number of phenols is 1. The van der Waals surface area contributed by atoms with E-state index in [4.69, 9.17) is 4.74 Å². The number of hydrogen-bond donors (Lipinski definition) is 1. The quantitative estimate of drug-likeness (QED) is 0.850. The van der Waals surface area contributed by atoms with Crippen molar-refractivity contribution in [3.05, 3.63) is 59.7 Å². The third-order valence-electron chi connectivity index (χ3n) is 5.90. The van der Waals surface area contributed by atoms with E-state index in [-0.39, 0.29) is 17.6 Å². The Morgan fingerprint density at radius 3 is 2.41 bits per heavy atom. The highest BCUT2D eigenvalue weighted by Gasteiger charge is 2.42. The molecule has 2 aliphatic heterocycles. The summed E-state index contributed by atoms with van der Waals surface area (Å²) >= 11 is 0. The van der Waals surface area contributed by atoms with Crippen LogP contribution < -0.4 is 4.74 Å². The molecular weight excluding hydrogens is 368 g/mol. The number of carbonyl (C=O) groups is 2. The van der Waals surface area contributed by atoms with Crippen molar-refractivity contribution in [3.63, 3.8) is 0 Å². The molecule has 1 N–H and O–H groups in total. The number of rotatable bonds is 2. The maximum atomic E-state index is 12.7. The zero-order valence-electron chi connectivity index (χ0n) is 16.6. The number of ether oxygens (including phenoxy) is 1. The summed E-state index contributed by atoms with van der Waals surface area (Å²) in [6.07, 6.45) is 1.69. The minimum atomic E-state index is -0.465. The Hall–Kier alpha value is -3.02. The molecule has 0 aliphatic carbocycles. The molecule has 4 rings (SSSR count).